The number of hydrogen-bond acceptors (Lipinski definition) is 4. The molecule has 6 heteroatoms. The predicted octanol–water partition coefficient (Wildman–Crippen LogP) is 2.15. The van der Waals surface area contributed by atoms with Gasteiger partial charge in [0.05, 0.1) is 12.1 Å². The number of nitrogens with zero attached hydrogens (tertiary/aromatic N) is 5. The van der Waals surface area contributed by atoms with Crippen LogP contribution < -0.4 is 0 Å². The van der Waals surface area contributed by atoms with Crippen LogP contribution >= 0.6 is 0 Å². The smallest absolute Gasteiger partial charge is 0.227 e. The molecule has 4 rings (SSSR count). The highest BCUT2D eigenvalue weighted by Gasteiger charge is 2.21. The SMILES string of the molecule is O=C(Cc1ccc(-n2cccn2)cc1)N1CCN(Cc2cccnc2)CC1. The summed E-state index contributed by atoms with van der Waals surface area (Å²) in [5.41, 5.74) is 3.25. The monoisotopic (exact) mass is 361 g/mol. The molecule has 3 heterocycles. The third-order valence-electron chi connectivity index (χ3n) is 4.91. The van der Waals surface area contributed by atoms with Crippen LogP contribution in [-0.2, 0) is 17.8 Å². The molecule has 3 aromatic rings. The molecule has 0 atom stereocenters. The van der Waals surface area contributed by atoms with Crippen molar-refractivity contribution in [2.24, 2.45) is 0 Å². The van der Waals surface area contributed by atoms with Crippen LogP contribution in [0.2, 0.25) is 0 Å². The average molecular weight is 361 g/mol. The predicted molar refractivity (Wildman–Crippen MR) is 103 cm³/mol. The molecule has 0 saturated carbocycles. The minimum atomic E-state index is 0.197. The fourth-order valence-electron chi connectivity index (χ4n) is 3.38. The molecule has 0 aliphatic carbocycles. The molecule has 1 aromatic carbocycles. The number of benzene rings is 1. The molecule has 0 spiro atoms. The van der Waals surface area contributed by atoms with Crippen molar-refractivity contribution in [2.45, 2.75) is 13.0 Å². The second-order valence-corrected chi connectivity index (χ2v) is 6.81. The lowest BCUT2D eigenvalue weighted by Crippen LogP contribution is -2.48. The molecule has 6 nitrogen and oxygen atoms in total. The molecule has 1 fully saturated rings. The number of carbonyl (C=O) groups is 1. The summed E-state index contributed by atoms with van der Waals surface area (Å²) < 4.78 is 1.81. The number of piperazine rings is 1. The van der Waals surface area contributed by atoms with Crippen molar-refractivity contribution in [2.75, 3.05) is 26.2 Å². The highest BCUT2D eigenvalue weighted by molar-refractivity contribution is 5.79. The van der Waals surface area contributed by atoms with Crippen LogP contribution in [0.25, 0.3) is 5.69 Å². The van der Waals surface area contributed by atoms with Crippen molar-refractivity contribution in [1.82, 2.24) is 24.6 Å². The first-order chi connectivity index (χ1) is 13.3. The Hall–Kier alpha value is -2.99. The Morgan fingerprint density at radius 2 is 1.74 bits per heavy atom. The van der Waals surface area contributed by atoms with E-state index in [2.05, 4.69) is 21.0 Å². The van der Waals surface area contributed by atoms with Gasteiger partial charge in [0, 0.05) is 57.5 Å². The van der Waals surface area contributed by atoms with E-state index in [9.17, 15) is 4.79 Å². The molecule has 27 heavy (non-hydrogen) atoms. The van der Waals surface area contributed by atoms with Crippen LogP contribution in [0.5, 0.6) is 0 Å². The largest absolute Gasteiger partial charge is 0.340 e. The Kier molecular flexibility index (Phi) is 5.25. The van der Waals surface area contributed by atoms with E-state index in [1.165, 1.54) is 5.56 Å². The Bertz CT molecular complexity index is 853. The number of carbonyl (C=O) groups excluding carboxylic acids is 1. The van der Waals surface area contributed by atoms with Crippen molar-refractivity contribution in [3.63, 3.8) is 0 Å². The molecule has 0 radical (unpaired) electrons. The van der Waals surface area contributed by atoms with Gasteiger partial charge in [0.25, 0.3) is 0 Å². The maximum absolute atomic E-state index is 12.6. The van der Waals surface area contributed by atoms with Crippen molar-refractivity contribution in [3.8, 4) is 5.69 Å². The lowest BCUT2D eigenvalue weighted by atomic mass is 10.1. The van der Waals surface area contributed by atoms with Crippen LogP contribution in [0.3, 0.4) is 0 Å². The molecule has 1 aliphatic heterocycles. The Labute approximate surface area is 159 Å². The maximum atomic E-state index is 12.6. The Morgan fingerprint density at radius 1 is 0.926 bits per heavy atom. The summed E-state index contributed by atoms with van der Waals surface area (Å²) in [6.07, 6.45) is 7.81. The second-order valence-electron chi connectivity index (χ2n) is 6.81. The molecular formula is C21H23N5O. The topological polar surface area (TPSA) is 54.3 Å². The number of hydrogen-bond donors (Lipinski definition) is 0. The van der Waals surface area contributed by atoms with Crippen molar-refractivity contribution in [1.29, 1.82) is 0 Å². The normalized spacial score (nSPS) is 15.0. The van der Waals surface area contributed by atoms with Gasteiger partial charge in [-0.3, -0.25) is 14.7 Å². The van der Waals surface area contributed by atoms with E-state index in [4.69, 9.17) is 0 Å². The van der Waals surface area contributed by atoms with Crippen molar-refractivity contribution >= 4 is 5.91 Å². The van der Waals surface area contributed by atoms with Crippen molar-refractivity contribution < 1.29 is 4.79 Å². The number of amides is 1. The highest BCUT2D eigenvalue weighted by atomic mass is 16.2. The molecule has 1 aliphatic rings. The van der Waals surface area contributed by atoms with Gasteiger partial charge in [-0.2, -0.15) is 5.10 Å². The van der Waals surface area contributed by atoms with Crippen LogP contribution in [0, 0.1) is 0 Å². The van der Waals surface area contributed by atoms with Crippen LogP contribution in [-0.4, -0.2) is 56.7 Å². The van der Waals surface area contributed by atoms with E-state index in [0.29, 0.717) is 6.42 Å². The van der Waals surface area contributed by atoms with Crippen LogP contribution in [0.4, 0.5) is 0 Å². The van der Waals surface area contributed by atoms with E-state index >= 15 is 0 Å². The number of aromatic nitrogens is 3. The summed E-state index contributed by atoms with van der Waals surface area (Å²) in [7, 11) is 0. The summed E-state index contributed by atoms with van der Waals surface area (Å²) in [5.74, 6) is 0.197. The van der Waals surface area contributed by atoms with E-state index in [-0.39, 0.29) is 5.91 Å². The average Bonchev–Trinajstić information content (AvgIpc) is 3.25. The molecule has 1 amide bonds. The molecular weight excluding hydrogens is 338 g/mol. The van der Waals surface area contributed by atoms with Crippen LogP contribution in [0.1, 0.15) is 11.1 Å². The van der Waals surface area contributed by atoms with E-state index in [0.717, 1.165) is 44.0 Å². The molecule has 0 unspecified atom stereocenters. The van der Waals surface area contributed by atoms with Gasteiger partial charge in [0.1, 0.15) is 0 Å². The summed E-state index contributed by atoms with van der Waals surface area (Å²) >= 11 is 0. The fraction of sp³-hybridized carbons (Fsp3) is 0.286. The zero-order chi connectivity index (χ0) is 18.5. The quantitative estimate of drug-likeness (QED) is 0.699. The third-order valence-corrected chi connectivity index (χ3v) is 4.91. The molecule has 1 saturated heterocycles. The van der Waals surface area contributed by atoms with E-state index in [1.54, 1.807) is 12.4 Å². The molecule has 138 valence electrons. The second kappa shape index (κ2) is 8.14. The molecule has 2 aromatic heterocycles. The summed E-state index contributed by atoms with van der Waals surface area (Å²) in [5, 5.41) is 4.22. The Balaban J connectivity index is 1.28. The van der Waals surface area contributed by atoms with Gasteiger partial charge < -0.3 is 4.90 Å². The fourth-order valence-corrected chi connectivity index (χ4v) is 3.38. The molecule has 0 N–H and O–H groups in total. The first-order valence-electron chi connectivity index (χ1n) is 9.26. The minimum Gasteiger partial charge on any atom is -0.340 e. The lowest BCUT2D eigenvalue weighted by molar-refractivity contribution is -0.132. The van der Waals surface area contributed by atoms with Gasteiger partial charge in [0.2, 0.25) is 5.91 Å². The summed E-state index contributed by atoms with van der Waals surface area (Å²) in [6.45, 7) is 4.26. The van der Waals surface area contributed by atoms with Gasteiger partial charge in [-0.1, -0.05) is 18.2 Å². The lowest BCUT2D eigenvalue weighted by Gasteiger charge is -2.34. The zero-order valence-corrected chi connectivity index (χ0v) is 15.2. The third kappa shape index (κ3) is 4.41. The van der Waals surface area contributed by atoms with Gasteiger partial charge in [-0.15, -0.1) is 0 Å². The van der Waals surface area contributed by atoms with Gasteiger partial charge in [-0.25, -0.2) is 4.68 Å². The number of pyridine rings is 1. The first-order valence-corrected chi connectivity index (χ1v) is 9.26. The molecule has 0 bridgehead atoms. The first kappa shape index (κ1) is 17.4. The van der Waals surface area contributed by atoms with E-state index < -0.39 is 0 Å². The van der Waals surface area contributed by atoms with Gasteiger partial charge >= 0.3 is 0 Å². The highest BCUT2D eigenvalue weighted by Crippen LogP contribution is 2.12. The van der Waals surface area contributed by atoms with Gasteiger partial charge in [-0.05, 0) is 35.4 Å². The minimum absolute atomic E-state index is 0.197. The summed E-state index contributed by atoms with van der Waals surface area (Å²) in [6, 6.07) is 14.0. The van der Waals surface area contributed by atoms with Crippen LogP contribution in [0.15, 0.2) is 67.3 Å². The summed E-state index contributed by atoms with van der Waals surface area (Å²) in [4.78, 5) is 21.1. The Morgan fingerprint density at radius 3 is 2.41 bits per heavy atom. The van der Waals surface area contributed by atoms with Gasteiger partial charge in [0.15, 0.2) is 0 Å². The van der Waals surface area contributed by atoms with Crippen molar-refractivity contribution in [3.05, 3.63) is 78.4 Å². The zero-order valence-electron chi connectivity index (χ0n) is 15.2. The maximum Gasteiger partial charge on any atom is 0.227 e. The standard InChI is InChI=1S/C21H23N5O/c27-21(15-18-4-6-20(7-5-18)26-10-2-9-23-26)25-13-11-24(12-14-25)17-19-3-1-8-22-16-19/h1-10,16H,11-15,17H2. The number of rotatable bonds is 5. The van der Waals surface area contributed by atoms with E-state index in [1.807, 2.05) is 58.4 Å².